The first-order chi connectivity index (χ1) is 12.5. The van der Waals surface area contributed by atoms with Gasteiger partial charge in [0.25, 0.3) is 11.8 Å². The van der Waals surface area contributed by atoms with E-state index in [9.17, 15) is 14.0 Å². The van der Waals surface area contributed by atoms with E-state index in [-0.39, 0.29) is 12.4 Å². The summed E-state index contributed by atoms with van der Waals surface area (Å²) in [5.41, 5.74) is 4.39. The molecule has 0 heterocycles. The molecule has 0 aliphatic heterocycles. The molecule has 138 valence electrons. The van der Waals surface area contributed by atoms with Crippen molar-refractivity contribution >= 4 is 11.8 Å². The van der Waals surface area contributed by atoms with Crippen molar-refractivity contribution in [3.63, 3.8) is 0 Å². The minimum Gasteiger partial charge on any atom is -0.497 e. The molecule has 0 unspecified atom stereocenters. The minimum absolute atomic E-state index is 0.0516. The number of benzene rings is 2. The third kappa shape index (κ3) is 5.66. The molecule has 2 N–H and O–H groups in total. The lowest BCUT2D eigenvalue weighted by Gasteiger charge is -2.15. The number of ether oxygens (including phenoxy) is 3. The molecular formula is C18H19FN2O5. The van der Waals surface area contributed by atoms with Gasteiger partial charge >= 0.3 is 0 Å². The van der Waals surface area contributed by atoms with Crippen LogP contribution in [0.2, 0.25) is 0 Å². The summed E-state index contributed by atoms with van der Waals surface area (Å²) in [5, 5.41) is 0. The molecule has 8 heteroatoms. The normalized spacial score (nSPS) is 11.2. The molecule has 0 aliphatic rings. The number of carbonyl (C=O) groups is 2. The van der Waals surface area contributed by atoms with Gasteiger partial charge in [0.1, 0.15) is 11.5 Å². The van der Waals surface area contributed by atoms with Crippen LogP contribution in [0.5, 0.6) is 17.2 Å². The zero-order valence-electron chi connectivity index (χ0n) is 14.3. The fourth-order valence-electron chi connectivity index (χ4n) is 1.87. The van der Waals surface area contributed by atoms with Crippen LogP contribution < -0.4 is 25.1 Å². The summed E-state index contributed by atoms with van der Waals surface area (Å²) in [7, 11) is 1.54. The molecule has 7 nitrogen and oxygen atoms in total. The second-order valence-corrected chi connectivity index (χ2v) is 5.19. The Labute approximate surface area is 150 Å². The van der Waals surface area contributed by atoms with Crippen molar-refractivity contribution in [2.75, 3.05) is 13.7 Å². The number of hydrogen-bond acceptors (Lipinski definition) is 5. The highest BCUT2D eigenvalue weighted by molar-refractivity contribution is 5.85. The molecule has 2 rings (SSSR count). The third-order valence-electron chi connectivity index (χ3n) is 3.26. The van der Waals surface area contributed by atoms with Gasteiger partial charge in [-0.3, -0.25) is 20.4 Å². The summed E-state index contributed by atoms with van der Waals surface area (Å²) >= 11 is 0. The molecule has 0 radical (unpaired) electrons. The van der Waals surface area contributed by atoms with E-state index in [4.69, 9.17) is 14.2 Å². The van der Waals surface area contributed by atoms with Crippen molar-refractivity contribution in [2.24, 2.45) is 0 Å². The number of nitrogens with one attached hydrogen (secondary N) is 2. The Kier molecular flexibility index (Phi) is 6.78. The van der Waals surface area contributed by atoms with Gasteiger partial charge < -0.3 is 14.2 Å². The molecular weight excluding hydrogens is 343 g/mol. The van der Waals surface area contributed by atoms with E-state index in [1.807, 2.05) is 0 Å². The predicted molar refractivity (Wildman–Crippen MR) is 91.3 cm³/mol. The average molecular weight is 362 g/mol. The van der Waals surface area contributed by atoms with Crippen LogP contribution >= 0.6 is 0 Å². The number of methoxy groups -OCH3 is 1. The molecule has 1 atom stereocenters. The van der Waals surface area contributed by atoms with Crippen LogP contribution in [0.3, 0.4) is 0 Å². The number of hydrazine groups is 1. The monoisotopic (exact) mass is 362 g/mol. The third-order valence-corrected chi connectivity index (χ3v) is 3.26. The SMILES string of the molecule is COc1ccc(OCC(=O)NNC(=O)[C@@H](C)Oc2ccccc2F)cc1. The van der Waals surface area contributed by atoms with Gasteiger partial charge in [-0.1, -0.05) is 12.1 Å². The standard InChI is InChI=1S/C18H19FN2O5/c1-12(26-16-6-4-3-5-15(16)19)18(23)21-20-17(22)11-25-14-9-7-13(24-2)8-10-14/h3-10,12H,11H2,1-2H3,(H,20,22)(H,21,23)/t12-/m1/s1. The summed E-state index contributed by atoms with van der Waals surface area (Å²) in [4.78, 5) is 23.6. The second-order valence-electron chi connectivity index (χ2n) is 5.19. The highest BCUT2D eigenvalue weighted by Gasteiger charge is 2.17. The second kappa shape index (κ2) is 9.26. The predicted octanol–water partition coefficient (Wildman–Crippen LogP) is 1.83. The van der Waals surface area contributed by atoms with Crippen molar-refractivity contribution in [1.29, 1.82) is 0 Å². The van der Waals surface area contributed by atoms with Crippen LogP contribution in [0.4, 0.5) is 4.39 Å². The maximum absolute atomic E-state index is 13.5. The Morgan fingerprint density at radius 2 is 1.69 bits per heavy atom. The van der Waals surface area contributed by atoms with Gasteiger partial charge in [-0.25, -0.2) is 4.39 Å². The quantitative estimate of drug-likeness (QED) is 0.734. The average Bonchev–Trinajstić information content (AvgIpc) is 2.66. The number of halogens is 1. The van der Waals surface area contributed by atoms with Crippen molar-refractivity contribution in [2.45, 2.75) is 13.0 Å². The molecule has 0 spiro atoms. The van der Waals surface area contributed by atoms with Crippen molar-refractivity contribution < 1.29 is 28.2 Å². The van der Waals surface area contributed by atoms with Crippen LogP contribution in [-0.4, -0.2) is 31.6 Å². The van der Waals surface area contributed by atoms with E-state index in [1.54, 1.807) is 37.4 Å². The Balaban J connectivity index is 1.73. The molecule has 0 aliphatic carbocycles. The maximum atomic E-state index is 13.5. The first-order valence-electron chi connectivity index (χ1n) is 7.76. The van der Waals surface area contributed by atoms with E-state index in [0.717, 1.165) is 0 Å². The molecule has 2 amide bonds. The van der Waals surface area contributed by atoms with Gasteiger partial charge in [0, 0.05) is 0 Å². The molecule has 0 fully saturated rings. The lowest BCUT2D eigenvalue weighted by atomic mass is 10.3. The van der Waals surface area contributed by atoms with Gasteiger partial charge in [0.15, 0.2) is 24.3 Å². The molecule has 0 bridgehead atoms. The minimum atomic E-state index is -1.00. The Morgan fingerprint density at radius 1 is 1.04 bits per heavy atom. The zero-order valence-corrected chi connectivity index (χ0v) is 14.3. The summed E-state index contributed by atoms with van der Waals surface area (Å²) in [5.74, 6) is -0.687. The first kappa shape index (κ1) is 19.0. The van der Waals surface area contributed by atoms with E-state index >= 15 is 0 Å². The number of rotatable bonds is 7. The summed E-state index contributed by atoms with van der Waals surface area (Å²) in [6, 6.07) is 12.4. The van der Waals surface area contributed by atoms with Crippen LogP contribution in [0, 0.1) is 5.82 Å². The van der Waals surface area contributed by atoms with Gasteiger partial charge in [-0.05, 0) is 43.3 Å². The fourth-order valence-corrected chi connectivity index (χ4v) is 1.87. The Morgan fingerprint density at radius 3 is 2.35 bits per heavy atom. The molecule has 0 saturated heterocycles. The summed E-state index contributed by atoms with van der Waals surface area (Å²) in [6.45, 7) is 1.14. The summed E-state index contributed by atoms with van der Waals surface area (Å²) in [6.07, 6.45) is -1.00. The summed E-state index contributed by atoms with van der Waals surface area (Å²) < 4.78 is 29.0. The lowest BCUT2D eigenvalue weighted by Crippen LogP contribution is -2.48. The largest absolute Gasteiger partial charge is 0.497 e. The first-order valence-corrected chi connectivity index (χ1v) is 7.76. The number of amides is 2. The molecule has 0 saturated carbocycles. The van der Waals surface area contributed by atoms with Gasteiger partial charge in [-0.15, -0.1) is 0 Å². The Hall–Kier alpha value is -3.29. The van der Waals surface area contributed by atoms with Crippen molar-refractivity contribution in [3.8, 4) is 17.2 Å². The maximum Gasteiger partial charge on any atom is 0.279 e. The molecule has 26 heavy (non-hydrogen) atoms. The number of hydrogen-bond donors (Lipinski definition) is 2. The zero-order chi connectivity index (χ0) is 18.9. The molecule has 2 aromatic rings. The number of carbonyl (C=O) groups excluding carboxylic acids is 2. The topological polar surface area (TPSA) is 85.9 Å². The van der Waals surface area contributed by atoms with Crippen molar-refractivity contribution in [3.05, 3.63) is 54.3 Å². The number of para-hydroxylation sites is 1. The fraction of sp³-hybridized carbons (Fsp3) is 0.222. The van der Waals surface area contributed by atoms with Crippen LogP contribution in [0.25, 0.3) is 0 Å². The van der Waals surface area contributed by atoms with Crippen LogP contribution in [-0.2, 0) is 9.59 Å². The van der Waals surface area contributed by atoms with Crippen LogP contribution in [0.15, 0.2) is 48.5 Å². The van der Waals surface area contributed by atoms with E-state index < -0.39 is 23.7 Å². The Bertz CT molecular complexity index is 752. The lowest BCUT2D eigenvalue weighted by molar-refractivity contribution is -0.133. The van der Waals surface area contributed by atoms with E-state index in [0.29, 0.717) is 11.5 Å². The van der Waals surface area contributed by atoms with Crippen LogP contribution in [0.1, 0.15) is 6.92 Å². The van der Waals surface area contributed by atoms with E-state index in [2.05, 4.69) is 10.9 Å². The highest BCUT2D eigenvalue weighted by atomic mass is 19.1. The highest BCUT2D eigenvalue weighted by Crippen LogP contribution is 2.17. The van der Waals surface area contributed by atoms with E-state index in [1.165, 1.54) is 25.1 Å². The smallest absolute Gasteiger partial charge is 0.279 e. The van der Waals surface area contributed by atoms with Gasteiger partial charge in [0.2, 0.25) is 0 Å². The molecule has 2 aromatic carbocycles. The van der Waals surface area contributed by atoms with Crippen molar-refractivity contribution in [1.82, 2.24) is 10.9 Å². The van der Waals surface area contributed by atoms with Gasteiger partial charge in [-0.2, -0.15) is 0 Å². The van der Waals surface area contributed by atoms with Gasteiger partial charge in [0.05, 0.1) is 7.11 Å². The molecule has 0 aromatic heterocycles.